The summed E-state index contributed by atoms with van der Waals surface area (Å²) in [5.74, 6) is -5.55. The monoisotopic (exact) mass is 558 g/mol. The van der Waals surface area contributed by atoms with Crippen LogP contribution in [0.3, 0.4) is 0 Å². The molecule has 41 heavy (non-hydrogen) atoms. The third kappa shape index (κ3) is 3.24. The lowest BCUT2D eigenvalue weighted by Crippen LogP contribution is -2.55. The first-order valence-electron chi connectivity index (χ1n) is 12.6. The van der Waals surface area contributed by atoms with Gasteiger partial charge >= 0.3 is 0 Å². The van der Waals surface area contributed by atoms with Crippen LogP contribution in [0.4, 0.5) is 0 Å². The van der Waals surface area contributed by atoms with E-state index in [0.717, 1.165) is 12.1 Å². The van der Waals surface area contributed by atoms with Crippen LogP contribution in [0.1, 0.15) is 38.7 Å². The predicted octanol–water partition coefficient (Wildman–Crippen LogP) is 2.96. The van der Waals surface area contributed by atoms with E-state index in [1.807, 2.05) is 0 Å². The van der Waals surface area contributed by atoms with Gasteiger partial charge in [0.2, 0.25) is 5.78 Å². The molecule has 11 heteroatoms. The topological polar surface area (TPSA) is 186 Å². The van der Waals surface area contributed by atoms with E-state index in [2.05, 4.69) is 0 Å². The molecule has 0 bridgehead atoms. The van der Waals surface area contributed by atoms with E-state index < -0.39 is 40.9 Å². The Morgan fingerprint density at radius 2 is 1.41 bits per heavy atom. The second-order valence-electron chi connectivity index (χ2n) is 10.2. The molecular weight excluding hydrogens is 536 g/mol. The number of carbonyl (C=O) groups excluding carboxylic acids is 1. The van der Waals surface area contributed by atoms with Gasteiger partial charge in [-0.25, -0.2) is 0 Å². The number of carbonyl (C=O) groups is 1. The molecule has 3 aliphatic rings. The van der Waals surface area contributed by atoms with Crippen molar-refractivity contribution in [2.24, 2.45) is 0 Å². The number of Topliss-reactive ketones (excluding diaryl/α,β-unsaturated/α-hetero) is 1. The number of phenols is 5. The highest BCUT2D eigenvalue weighted by Crippen LogP contribution is 2.64. The minimum absolute atomic E-state index is 0.00456. The van der Waals surface area contributed by atoms with Gasteiger partial charge in [-0.15, -0.1) is 0 Å². The average molecular weight is 558 g/mol. The van der Waals surface area contributed by atoms with Crippen molar-refractivity contribution in [3.05, 3.63) is 94.5 Å². The van der Waals surface area contributed by atoms with Crippen molar-refractivity contribution < 1.29 is 54.8 Å². The van der Waals surface area contributed by atoms with E-state index in [1.54, 1.807) is 12.1 Å². The lowest BCUT2D eigenvalue weighted by atomic mass is 9.77. The molecular formula is C30H22O11. The van der Waals surface area contributed by atoms with Gasteiger partial charge in [-0.05, 0) is 42.0 Å². The highest BCUT2D eigenvalue weighted by molar-refractivity contribution is 6.12. The van der Waals surface area contributed by atoms with E-state index in [4.69, 9.17) is 14.2 Å². The Bertz CT molecular complexity index is 1750. The number of hydrogen-bond acceptors (Lipinski definition) is 11. The zero-order valence-corrected chi connectivity index (χ0v) is 21.0. The van der Waals surface area contributed by atoms with Gasteiger partial charge in [0.05, 0.1) is 11.7 Å². The van der Waals surface area contributed by atoms with Crippen LogP contribution >= 0.6 is 0 Å². The lowest BCUT2D eigenvalue weighted by molar-refractivity contribution is -0.218. The molecule has 0 unspecified atom stereocenters. The fraction of sp³-hybridized carbons (Fsp3) is 0.167. The number of hydrogen-bond donors (Lipinski definition) is 7. The number of fused-ring (bicyclic) bond motifs is 5. The Labute approximate surface area is 231 Å². The molecule has 7 N–H and O–H groups in total. The quantitative estimate of drug-likeness (QED) is 0.192. The van der Waals surface area contributed by atoms with Gasteiger partial charge in [-0.3, -0.25) is 4.79 Å². The van der Waals surface area contributed by atoms with Crippen LogP contribution in [-0.2, 0) is 17.8 Å². The normalized spacial score (nSPS) is 25.6. The molecule has 4 atom stereocenters. The van der Waals surface area contributed by atoms with Crippen molar-refractivity contribution in [1.29, 1.82) is 0 Å². The van der Waals surface area contributed by atoms with Crippen molar-refractivity contribution in [3.8, 4) is 46.0 Å². The van der Waals surface area contributed by atoms with Gasteiger partial charge in [0.1, 0.15) is 57.7 Å². The molecule has 7 rings (SSSR count). The SMILES string of the molecule is O=C1c2c(O)cc(O)cc2O[C@]12c1c(cc(O)c3c1O[C@H](c1ccc(O)cc1)[C@@H](O)C3)O[C@@]2(O)c1ccc(O)cc1. The van der Waals surface area contributed by atoms with Crippen LogP contribution in [0.15, 0.2) is 66.7 Å². The van der Waals surface area contributed by atoms with E-state index in [-0.39, 0.29) is 63.2 Å². The number of ether oxygens (including phenoxy) is 3. The first kappa shape index (κ1) is 24.9. The van der Waals surface area contributed by atoms with Crippen LogP contribution in [0.25, 0.3) is 0 Å². The molecule has 4 aromatic rings. The highest BCUT2D eigenvalue weighted by atomic mass is 16.7. The predicted molar refractivity (Wildman–Crippen MR) is 138 cm³/mol. The van der Waals surface area contributed by atoms with Crippen LogP contribution in [-0.4, -0.2) is 47.6 Å². The zero-order chi connectivity index (χ0) is 28.8. The maximum Gasteiger partial charge on any atom is 0.287 e. The summed E-state index contributed by atoms with van der Waals surface area (Å²) in [7, 11) is 0. The second kappa shape index (κ2) is 8.19. The summed E-state index contributed by atoms with van der Waals surface area (Å²) in [4.78, 5) is 14.3. The van der Waals surface area contributed by atoms with E-state index >= 15 is 0 Å². The van der Waals surface area contributed by atoms with Gasteiger partial charge in [0.25, 0.3) is 11.4 Å². The van der Waals surface area contributed by atoms with Crippen molar-refractivity contribution in [2.75, 3.05) is 0 Å². The second-order valence-corrected chi connectivity index (χ2v) is 10.2. The minimum atomic E-state index is -2.63. The number of phenolic OH excluding ortho intramolecular Hbond substituents is 5. The van der Waals surface area contributed by atoms with Gasteiger partial charge in [0, 0.05) is 35.7 Å². The highest BCUT2D eigenvalue weighted by Gasteiger charge is 2.73. The summed E-state index contributed by atoms with van der Waals surface area (Å²) in [6, 6.07) is 14.3. The van der Waals surface area contributed by atoms with Crippen molar-refractivity contribution in [1.82, 2.24) is 0 Å². The maximum absolute atomic E-state index is 14.3. The molecule has 208 valence electrons. The van der Waals surface area contributed by atoms with E-state index in [1.165, 1.54) is 42.5 Å². The summed E-state index contributed by atoms with van der Waals surface area (Å²) >= 11 is 0. The lowest BCUT2D eigenvalue weighted by Gasteiger charge is -2.37. The fourth-order valence-corrected chi connectivity index (χ4v) is 5.90. The molecule has 0 aromatic heterocycles. The van der Waals surface area contributed by atoms with Gasteiger partial charge in [-0.2, -0.15) is 0 Å². The molecule has 3 heterocycles. The van der Waals surface area contributed by atoms with E-state index in [9.17, 15) is 40.5 Å². The smallest absolute Gasteiger partial charge is 0.287 e. The molecule has 3 aliphatic heterocycles. The van der Waals surface area contributed by atoms with Gasteiger partial charge in [0.15, 0.2) is 0 Å². The Morgan fingerprint density at radius 3 is 2.10 bits per heavy atom. The van der Waals surface area contributed by atoms with Crippen molar-refractivity contribution in [3.63, 3.8) is 0 Å². The van der Waals surface area contributed by atoms with Crippen LogP contribution in [0.2, 0.25) is 0 Å². The number of rotatable bonds is 2. The largest absolute Gasteiger partial charge is 0.508 e. The number of benzene rings is 4. The first-order valence-corrected chi connectivity index (χ1v) is 12.6. The molecule has 1 spiro atoms. The van der Waals surface area contributed by atoms with Crippen LogP contribution in [0, 0.1) is 0 Å². The summed E-state index contributed by atoms with van der Waals surface area (Å²) in [6.07, 6.45) is -2.30. The standard InChI is InChI=1S/C30H22O11/c31-15-5-1-13(2-6-15)26-21(36)11-18-19(34)12-23-25(27(18)39-26)29(30(38,41-23)14-3-7-16(32)8-4-14)28(37)24-20(35)9-17(33)10-22(24)40-29/h1-10,12,21,26,31-36,38H,11H2/t21-,26+,29+,30-/m0/s1. The van der Waals surface area contributed by atoms with Crippen LogP contribution in [0.5, 0.6) is 46.0 Å². The number of ketones is 1. The summed E-state index contributed by atoms with van der Waals surface area (Å²) in [6.45, 7) is 0. The Kier molecular flexibility index (Phi) is 4.97. The molecule has 0 radical (unpaired) electrons. The van der Waals surface area contributed by atoms with Crippen LogP contribution < -0.4 is 14.2 Å². The molecule has 0 saturated carbocycles. The molecule has 0 fully saturated rings. The summed E-state index contributed by atoms with van der Waals surface area (Å²) in [5, 5.41) is 74.6. The third-order valence-corrected chi connectivity index (χ3v) is 7.78. The fourth-order valence-electron chi connectivity index (χ4n) is 5.90. The number of aliphatic hydroxyl groups is 2. The summed E-state index contributed by atoms with van der Waals surface area (Å²) in [5.41, 5.74) is -2.34. The molecule has 11 nitrogen and oxygen atoms in total. The zero-order valence-electron chi connectivity index (χ0n) is 21.0. The molecule has 0 amide bonds. The van der Waals surface area contributed by atoms with Crippen molar-refractivity contribution in [2.45, 2.75) is 30.0 Å². The maximum atomic E-state index is 14.3. The van der Waals surface area contributed by atoms with Gasteiger partial charge in [-0.1, -0.05) is 12.1 Å². The average Bonchev–Trinajstić information content (AvgIpc) is 3.36. The minimum Gasteiger partial charge on any atom is -0.508 e. The van der Waals surface area contributed by atoms with Gasteiger partial charge < -0.3 is 50.0 Å². The first-order chi connectivity index (χ1) is 19.5. The van der Waals surface area contributed by atoms with E-state index in [0.29, 0.717) is 5.56 Å². The Balaban J connectivity index is 1.50. The molecule has 0 aliphatic carbocycles. The third-order valence-electron chi connectivity index (χ3n) is 7.78. The number of aromatic hydroxyl groups is 5. The molecule has 4 aromatic carbocycles. The number of aliphatic hydroxyl groups excluding tert-OH is 1. The van der Waals surface area contributed by atoms with Crippen molar-refractivity contribution >= 4 is 5.78 Å². The summed E-state index contributed by atoms with van der Waals surface area (Å²) < 4.78 is 18.5. The Morgan fingerprint density at radius 1 is 0.756 bits per heavy atom. The molecule has 0 saturated heterocycles. The Hall–Kier alpha value is -5.13.